The molecule has 154 valence electrons. The summed E-state index contributed by atoms with van der Waals surface area (Å²) in [6.45, 7) is 0.711. The summed E-state index contributed by atoms with van der Waals surface area (Å²) < 4.78 is 20.3. The number of benzene rings is 2. The second-order valence-corrected chi connectivity index (χ2v) is 8.17. The van der Waals surface area contributed by atoms with Crippen LogP contribution in [0.5, 0.6) is 6.01 Å². The number of hydrogen-bond donors (Lipinski definition) is 0. The van der Waals surface area contributed by atoms with E-state index in [1.807, 2.05) is 17.5 Å². The maximum atomic E-state index is 13.1. The minimum absolute atomic E-state index is 0.212. The average molecular weight is 431 g/mol. The second-order valence-electron chi connectivity index (χ2n) is 7.22. The summed E-state index contributed by atoms with van der Waals surface area (Å²) >= 11 is 1.63. The van der Waals surface area contributed by atoms with Crippen LogP contribution < -0.4 is 4.74 Å². The summed E-state index contributed by atoms with van der Waals surface area (Å²) in [7, 11) is 1.55. The molecule has 0 atom stereocenters. The summed E-state index contributed by atoms with van der Waals surface area (Å²) in [6.07, 6.45) is 6.28. The molecule has 5 rings (SSSR count). The van der Waals surface area contributed by atoms with E-state index in [9.17, 15) is 4.39 Å². The van der Waals surface area contributed by atoms with Crippen LogP contribution in [0.4, 0.5) is 4.39 Å². The zero-order valence-electron chi connectivity index (χ0n) is 16.8. The predicted molar refractivity (Wildman–Crippen MR) is 120 cm³/mol. The lowest BCUT2D eigenvalue weighted by atomic mass is 10.1. The van der Waals surface area contributed by atoms with Crippen molar-refractivity contribution < 1.29 is 9.13 Å². The zero-order chi connectivity index (χ0) is 21.2. The van der Waals surface area contributed by atoms with Crippen LogP contribution in [-0.2, 0) is 13.0 Å². The maximum absolute atomic E-state index is 13.1. The first-order valence-electron chi connectivity index (χ1n) is 9.81. The summed E-state index contributed by atoms with van der Waals surface area (Å²) in [5.41, 5.74) is 5.17. The van der Waals surface area contributed by atoms with Gasteiger partial charge in [-0.3, -0.25) is 0 Å². The van der Waals surface area contributed by atoms with Crippen molar-refractivity contribution in [3.63, 3.8) is 0 Å². The van der Waals surface area contributed by atoms with E-state index in [0.717, 1.165) is 33.8 Å². The first-order valence-corrected chi connectivity index (χ1v) is 10.7. The molecule has 0 fully saturated rings. The van der Waals surface area contributed by atoms with Crippen LogP contribution in [0, 0.1) is 5.82 Å². The standard InChI is InChI=1S/C24H19FN4OS/c1-30-24-26-12-19(13-27-24)21-15-31-23(28-21)11-17-4-7-22-18(10-17)8-9-29(22)14-16-2-5-20(25)6-3-16/h2-10,12-13,15H,11,14H2,1H3. The van der Waals surface area contributed by atoms with Crippen molar-refractivity contribution in [3.8, 4) is 17.3 Å². The van der Waals surface area contributed by atoms with Crippen molar-refractivity contribution >= 4 is 22.2 Å². The number of hydrogen-bond acceptors (Lipinski definition) is 5. The molecule has 3 heterocycles. The van der Waals surface area contributed by atoms with Crippen LogP contribution in [0.15, 0.2) is 72.5 Å². The molecule has 0 amide bonds. The van der Waals surface area contributed by atoms with Crippen LogP contribution in [0.25, 0.3) is 22.2 Å². The molecule has 3 aromatic heterocycles. The molecule has 0 spiro atoms. The summed E-state index contributed by atoms with van der Waals surface area (Å²) in [4.78, 5) is 13.0. The highest BCUT2D eigenvalue weighted by atomic mass is 32.1. The number of thiazole rings is 1. The zero-order valence-corrected chi connectivity index (χ0v) is 17.6. The molecule has 0 radical (unpaired) electrons. The fourth-order valence-corrected chi connectivity index (χ4v) is 4.37. The molecule has 0 unspecified atom stereocenters. The van der Waals surface area contributed by atoms with Crippen LogP contribution in [0.1, 0.15) is 16.1 Å². The van der Waals surface area contributed by atoms with E-state index in [-0.39, 0.29) is 5.82 Å². The van der Waals surface area contributed by atoms with E-state index in [1.54, 1.807) is 30.8 Å². The number of nitrogens with zero attached hydrogens (tertiary/aromatic N) is 4. The first-order chi connectivity index (χ1) is 15.2. The molecular weight excluding hydrogens is 411 g/mol. The van der Waals surface area contributed by atoms with Crippen molar-refractivity contribution in [1.29, 1.82) is 0 Å². The van der Waals surface area contributed by atoms with Crippen molar-refractivity contribution in [2.24, 2.45) is 0 Å². The van der Waals surface area contributed by atoms with Gasteiger partial charge in [-0.2, -0.15) is 0 Å². The smallest absolute Gasteiger partial charge is 0.316 e. The second kappa shape index (κ2) is 8.28. The van der Waals surface area contributed by atoms with Gasteiger partial charge in [-0.05, 0) is 46.8 Å². The SMILES string of the molecule is COc1ncc(-c2csc(Cc3ccc4c(ccn4Cc4ccc(F)cc4)c3)n2)cn1. The first kappa shape index (κ1) is 19.4. The normalized spacial score (nSPS) is 11.2. The number of rotatable bonds is 6. The molecule has 0 bridgehead atoms. The van der Waals surface area contributed by atoms with Gasteiger partial charge in [0.25, 0.3) is 0 Å². The van der Waals surface area contributed by atoms with Crippen LogP contribution in [0.3, 0.4) is 0 Å². The molecule has 2 aromatic carbocycles. The lowest BCUT2D eigenvalue weighted by Gasteiger charge is -2.07. The molecule has 0 aliphatic carbocycles. The third-order valence-electron chi connectivity index (χ3n) is 5.12. The Morgan fingerprint density at radius 1 is 1.00 bits per heavy atom. The molecule has 0 saturated heterocycles. The molecule has 0 N–H and O–H groups in total. The Kier molecular flexibility index (Phi) is 5.18. The van der Waals surface area contributed by atoms with Gasteiger partial charge in [0.15, 0.2) is 0 Å². The topological polar surface area (TPSA) is 52.8 Å². The summed E-state index contributed by atoms with van der Waals surface area (Å²) in [5, 5.41) is 4.24. The van der Waals surface area contributed by atoms with Crippen molar-refractivity contribution in [2.75, 3.05) is 7.11 Å². The van der Waals surface area contributed by atoms with Gasteiger partial charge in [0.1, 0.15) is 5.82 Å². The van der Waals surface area contributed by atoms with E-state index in [1.165, 1.54) is 23.1 Å². The number of methoxy groups -OCH3 is 1. The minimum Gasteiger partial charge on any atom is -0.467 e. The van der Waals surface area contributed by atoms with Crippen LogP contribution in [0.2, 0.25) is 0 Å². The molecule has 5 nitrogen and oxygen atoms in total. The summed E-state index contributed by atoms with van der Waals surface area (Å²) in [6, 6.07) is 15.6. The van der Waals surface area contributed by atoms with Gasteiger partial charge in [-0.25, -0.2) is 19.3 Å². The summed E-state index contributed by atoms with van der Waals surface area (Å²) in [5.74, 6) is -0.212. The maximum Gasteiger partial charge on any atom is 0.316 e. The Hall–Kier alpha value is -3.58. The predicted octanol–water partition coefficient (Wildman–Crippen LogP) is 5.34. The van der Waals surface area contributed by atoms with Gasteiger partial charge in [0.05, 0.1) is 17.8 Å². The minimum atomic E-state index is -0.212. The van der Waals surface area contributed by atoms with Crippen molar-refractivity contribution in [3.05, 3.63) is 94.5 Å². The van der Waals surface area contributed by atoms with E-state index in [4.69, 9.17) is 9.72 Å². The van der Waals surface area contributed by atoms with Gasteiger partial charge >= 0.3 is 6.01 Å². The molecule has 31 heavy (non-hydrogen) atoms. The van der Waals surface area contributed by atoms with Gasteiger partial charge in [0.2, 0.25) is 0 Å². The Morgan fingerprint density at radius 2 is 1.77 bits per heavy atom. The number of aromatic nitrogens is 4. The van der Waals surface area contributed by atoms with E-state index in [0.29, 0.717) is 12.6 Å². The van der Waals surface area contributed by atoms with E-state index < -0.39 is 0 Å². The van der Waals surface area contributed by atoms with Gasteiger partial charge < -0.3 is 9.30 Å². The highest BCUT2D eigenvalue weighted by Crippen LogP contribution is 2.25. The lowest BCUT2D eigenvalue weighted by Crippen LogP contribution is -1.98. The molecule has 5 aromatic rings. The van der Waals surface area contributed by atoms with Gasteiger partial charge in [-0.15, -0.1) is 11.3 Å². The number of halogens is 1. The Labute approximate surface area is 182 Å². The Bertz CT molecular complexity index is 1330. The fourth-order valence-electron chi connectivity index (χ4n) is 3.54. The Morgan fingerprint density at radius 3 is 2.55 bits per heavy atom. The third kappa shape index (κ3) is 4.18. The van der Waals surface area contributed by atoms with Crippen LogP contribution >= 0.6 is 11.3 Å². The monoisotopic (exact) mass is 430 g/mol. The molecule has 0 aliphatic rings. The van der Waals surface area contributed by atoms with Gasteiger partial charge in [0, 0.05) is 48.0 Å². The molecular formula is C24H19FN4OS. The largest absolute Gasteiger partial charge is 0.467 e. The number of ether oxygens (including phenoxy) is 1. The average Bonchev–Trinajstić information content (AvgIpc) is 3.42. The van der Waals surface area contributed by atoms with Gasteiger partial charge in [-0.1, -0.05) is 18.2 Å². The molecule has 0 aliphatic heterocycles. The van der Waals surface area contributed by atoms with Crippen molar-refractivity contribution in [2.45, 2.75) is 13.0 Å². The molecule has 0 saturated carbocycles. The Balaban J connectivity index is 1.33. The third-order valence-corrected chi connectivity index (χ3v) is 5.96. The van der Waals surface area contributed by atoms with Crippen molar-refractivity contribution in [1.82, 2.24) is 19.5 Å². The lowest BCUT2D eigenvalue weighted by molar-refractivity contribution is 0.380. The van der Waals surface area contributed by atoms with E-state index >= 15 is 0 Å². The molecule has 7 heteroatoms. The fraction of sp³-hybridized carbons (Fsp3) is 0.125. The highest BCUT2D eigenvalue weighted by molar-refractivity contribution is 7.10. The quantitative estimate of drug-likeness (QED) is 0.365. The van der Waals surface area contributed by atoms with Crippen LogP contribution in [-0.4, -0.2) is 26.6 Å². The highest BCUT2D eigenvalue weighted by Gasteiger charge is 2.09. The number of fused-ring (bicyclic) bond motifs is 1. The van der Waals surface area contributed by atoms with E-state index in [2.05, 4.69) is 45.0 Å².